The van der Waals surface area contributed by atoms with Gasteiger partial charge in [-0.1, -0.05) is 97.1 Å². The maximum atomic E-state index is 5.24. The molecule has 3 aromatic heterocycles. The molecule has 4 nitrogen and oxygen atoms in total. The lowest BCUT2D eigenvalue weighted by Crippen LogP contribution is -1.92. The highest BCUT2D eigenvalue weighted by molar-refractivity contribution is 6.14. The van der Waals surface area contributed by atoms with Crippen LogP contribution in [0.4, 0.5) is 0 Å². The Morgan fingerprint density at radius 2 is 0.975 bits per heavy atom. The molecule has 0 N–H and O–H groups in total. The van der Waals surface area contributed by atoms with Gasteiger partial charge in [-0.15, -0.1) is 0 Å². The molecule has 0 aliphatic rings. The van der Waals surface area contributed by atoms with Gasteiger partial charge in [-0.25, -0.2) is 19.9 Å². The highest BCUT2D eigenvalue weighted by Crippen LogP contribution is 2.36. The van der Waals surface area contributed by atoms with Gasteiger partial charge in [0.25, 0.3) is 0 Å². The minimum absolute atomic E-state index is 0.712. The molecule has 8 rings (SSSR count). The van der Waals surface area contributed by atoms with Gasteiger partial charge in [-0.3, -0.25) is 0 Å². The monoisotopic (exact) mass is 510 g/mol. The van der Waals surface area contributed by atoms with Crippen molar-refractivity contribution >= 4 is 43.4 Å². The van der Waals surface area contributed by atoms with E-state index >= 15 is 0 Å². The van der Waals surface area contributed by atoms with Crippen molar-refractivity contribution in [1.29, 1.82) is 0 Å². The standard InChI is InChI=1S/C36H22N4/c1-2-7-28-27(6-1)22-31(30-9-4-3-8-29(28)30)33-19-17-25-13-12-24-16-18-32(39-34(24)35(25)40-33)23-10-14-26(15-11-23)36-37-20-5-21-38-36/h1-22H. The minimum Gasteiger partial charge on any atom is -0.245 e. The summed E-state index contributed by atoms with van der Waals surface area (Å²) in [6.45, 7) is 0. The smallest absolute Gasteiger partial charge is 0.159 e. The Morgan fingerprint density at radius 1 is 0.400 bits per heavy atom. The van der Waals surface area contributed by atoms with Gasteiger partial charge < -0.3 is 0 Å². The van der Waals surface area contributed by atoms with Crippen LogP contribution in [-0.2, 0) is 0 Å². The number of fused-ring (bicyclic) bond motifs is 6. The Bertz CT molecular complexity index is 2200. The van der Waals surface area contributed by atoms with Crippen LogP contribution < -0.4 is 0 Å². The number of hydrogen-bond acceptors (Lipinski definition) is 4. The molecule has 3 heterocycles. The fraction of sp³-hybridized carbons (Fsp3) is 0. The second kappa shape index (κ2) is 9.07. The van der Waals surface area contributed by atoms with Crippen molar-refractivity contribution in [2.45, 2.75) is 0 Å². The van der Waals surface area contributed by atoms with Crippen LogP contribution in [-0.4, -0.2) is 19.9 Å². The average molecular weight is 511 g/mol. The van der Waals surface area contributed by atoms with E-state index in [-0.39, 0.29) is 0 Å². The molecule has 0 saturated heterocycles. The summed E-state index contributed by atoms with van der Waals surface area (Å²) in [5.74, 6) is 0.712. The summed E-state index contributed by atoms with van der Waals surface area (Å²) in [5.41, 5.74) is 6.80. The number of nitrogens with zero attached hydrogens (tertiary/aromatic N) is 4. The van der Waals surface area contributed by atoms with Crippen LogP contribution in [0.25, 0.3) is 77.3 Å². The van der Waals surface area contributed by atoms with Gasteiger partial charge in [0, 0.05) is 39.9 Å². The van der Waals surface area contributed by atoms with Crippen LogP contribution in [0.15, 0.2) is 134 Å². The molecular weight excluding hydrogens is 488 g/mol. The van der Waals surface area contributed by atoms with Crippen LogP contribution in [0.3, 0.4) is 0 Å². The summed E-state index contributed by atoms with van der Waals surface area (Å²) in [6.07, 6.45) is 3.52. The number of benzene rings is 5. The van der Waals surface area contributed by atoms with Gasteiger partial charge in [0.05, 0.1) is 22.4 Å². The van der Waals surface area contributed by atoms with Crippen molar-refractivity contribution in [3.8, 4) is 33.9 Å². The molecule has 4 heteroatoms. The highest BCUT2D eigenvalue weighted by atomic mass is 14.8. The molecule has 0 radical (unpaired) electrons. The van der Waals surface area contributed by atoms with E-state index in [0.29, 0.717) is 5.82 Å². The molecule has 186 valence electrons. The molecule has 0 aliphatic carbocycles. The first-order valence-corrected chi connectivity index (χ1v) is 13.3. The van der Waals surface area contributed by atoms with E-state index < -0.39 is 0 Å². The first-order valence-electron chi connectivity index (χ1n) is 13.3. The molecule has 0 bridgehead atoms. The van der Waals surface area contributed by atoms with Gasteiger partial charge in [0.2, 0.25) is 0 Å². The largest absolute Gasteiger partial charge is 0.245 e. The third-order valence-corrected chi connectivity index (χ3v) is 7.57. The first-order chi connectivity index (χ1) is 19.8. The Labute approximate surface area is 230 Å². The van der Waals surface area contributed by atoms with E-state index in [1.807, 2.05) is 18.2 Å². The predicted octanol–water partition coefficient (Wildman–Crippen LogP) is 8.88. The maximum absolute atomic E-state index is 5.24. The molecule has 0 saturated carbocycles. The van der Waals surface area contributed by atoms with Crippen LogP contribution in [0.1, 0.15) is 0 Å². The molecule has 5 aromatic carbocycles. The Morgan fingerprint density at radius 3 is 1.73 bits per heavy atom. The summed E-state index contributed by atoms with van der Waals surface area (Å²) in [5, 5.41) is 7.04. The normalized spacial score (nSPS) is 11.5. The van der Waals surface area contributed by atoms with E-state index in [1.165, 1.54) is 21.5 Å². The number of hydrogen-bond donors (Lipinski definition) is 0. The zero-order valence-electron chi connectivity index (χ0n) is 21.5. The molecule has 40 heavy (non-hydrogen) atoms. The highest BCUT2D eigenvalue weighted by Gasteiger charge is 2.12. The maximum Gasteiger partial charge on any atom is 0.159 e. The van der Waals surface area contributed by atoms with E-state index in [2.05, 4.69) is 113 Å². The third kappa shape index (κ3) is 3.69. The Kier molecular flexibility index (Phi) is 5.10. The van der Waals surface area contributed by atoms with E-state index in [1.54, 1.807) is 12.4 Å². The second-order valence-corrected chi connectivity index (χ2v) is 9.94. The van der Waals surface area contributed by atoms with Crippen molar-refractivity contribution in [1.82, 2.24) is 19.9 Å². The molecule has 0 amide bonds. The second-order valence-electron chi connectivity index (χ2n) is 9.94. The van der Waals surface area contributed by atoms with Gasteiger partial charge in [0.15, 0.2) is 5.82 Å². The molecule has 0 fully saturated rings. The fourth-order valence-electron chi connectivity index (χ4n) is 5.58. The van der Waals surface area contributed by atoms with Crippen LogP contribution in [0, 0.1) is 0 Å². The molecule has 0 unspecified atom stereocenters. The molecular formula is C36H22N4. The zero-order valence-corrected chi connectivity index (χ0v) is 21.5. The number of rotatable bonds is 3. The quantitative estimate of drug-likeness (QED) is 0.223. The summed E-state index contributed by atoms with van der Waals surface area (Å²) in [4.78, 5) is 19.1. The SMILES string of the molecule is c1cnc(-c2ccc(-c3ccc4ccc5ccc(-c6cc7ccccc7c7ccccc67)nc5c4n3)cc2)nc1. The van der Waals surface area contributed by atoms with Crippen LogP contribution in [0.5, 0.6) is 0 Å². The van der Waals surface area contributed by atoms with Crippen molar-refractivity contribution in [2.24, 2.45) is 0 Å². The van der Waals surface area contributed by atoms with Crippen LogP contribution in [0.2, 0.25) is 0 Å². The van der Waals surface area contributed by atoms with E-state index in [4.69, 9.17) is 9.97 Å². The number of pyridine rings is 2. The summed E-state index contributed by atoms with van der Waals surface area (Å²) in [6, 6.07) is 42.2. The molecule has 0 aliphatic heterocycles. The van der Waals surface area contributed by atoms with Gasteiger partial charge in [-0.2, -0.15) is 0 Å². The Hall–Kier alpha value is -5.48. The summed E-state index contributed by atoms with van der Waals surface area (Å²) >= 11 is 0. The zero-order chi connectivity index (χ0) is 26.5. The van der Waals surface area contributed by atoms with Gasteiger partial charge in [0.1, 0.15) is 0 Å². The van der Waals surface area contributed by atoms with Crippen molar-refractivity contribution in [2.75, 3.05) is 0 Å². The summed E-state index contributed by atoms with van der Waals surface area (Å²) in [7, 11) is 0. The Balaban J connectivity index is 1.29. The average Bonchev–Trinajstić information content (AvgIpc) is 3.04. The van der Waals surface area contributed by atoms with Crippen molar-refractivity contribution in [3.05, 3.63) is 134 Å². The van der Waals surface area contributed by atoms with Crippen LogP contribution >= 0.6 is 0 Å². The predicted molar refractivity (Wildman–Crippen MR) is 164 cm³/mol. The van der Waals surface area contributed by atoms with Gasteiger partial charge >= 0.3 is 0 Å². The fourth-order valence-corrected chi connectivity index (χ4v) is 5.58. The van der Waals surface area contributed by atoms with Crippen molar-refractivity contribution < 1.29 is 0 Å². The molecule has 0 atom stereocenters. The van der Waals surface area contributed by atoms with Gasteiger partial charge in [-0.05, 0) is 45.8 Å². The van der Waals surface area contributed by atoms with E-state index in [0.717, 1.165) is 49.9 Å². The topological polar surface area (TPSA) is 51.6 Å². The summed E-state index contributed by atoms with van der Waals surface area (Å²) < 4.78 is 0. The number of aromatic nitrogens is 4. The third-order valence-electron chi connectivity index (χ3n) is 7.57. The first kappa shape index (κ1) is 22.5. The molecule has 0 spiro atoms. The lowest BCUT2D eigenvalue weighted by atomic mass is 9.95. The lowest BCUT2D eigenvalue weighted by molar-refractivity contribution is 1.18. The lowest BCUT2D eigenvalue weighted by Gasteiger charge is -2.12. The van der Waals surface area contributed by atoms with Crippen molar-refractivity contribution in [3.63, 3.8) is 0 Å². The molecule has 8 aromatic rings. The minimum atomic E-state index is 0.712. The van der Waals surface area contributed by atoms with E-state index in [9.17, 15) is 0 Å².